The Balaban J connectivity index is 1.86. The number of hydrogen-bond donors (Lipinski definition) is 1. The highest BCUT2D eigenvalue weighted by molar-refractivity contribution is 6.06. The molecule has 3 amide bonds. The first-order chi connectivity index (χ1) is 10.5. The van der Waals surface area contributed by atoms with E-state index in [1.54, 1.807) is 13.8 Å². The van der Waals surface area contributed by atoms with Gasteiger partial charge in [0.2, 0.25) is 0 Å². The minimum atomic E-state index is -0.895. The fourth-order valence-electron chi connectivity index (χ4n) is 3.15. The predicted molar refractivity (Wildman–Crippen MR) is 85.5 cm³/mol. The SMILES string of the molecule is CC(C)=CC1C(C(=O)OCCN2C(=O)NC(C)(C)C2=O)C1(C)C. The topological polar surface area (TPSA) is 75.7 Å². The maximum Gasteiger partial charge on any atom is 0.325 e. The predicted octanol–water partition coefficient (Wildman–Crippen LogP) is 2.10. The number of esters is 1. The van der Waals surface area contributed by atoms with Gasteiger partial charge in [-0.2, -0.15) is 0 Å². The van der Waals surface area contributed by atoms with E-state index >= 15 is 0 Å². The number of urea groups is 1. The molecule has 2 atom stereocenters. The first-order valence-corrected chi connectivity index (χ1v) is 7.94. The minimum Gasteiger partial charge on any atom is -0.464 e. The number of allylic oxidation sites excluding steroid dienone is 2. The molecule has 1 heterocycles. The zero-order chi connectivity index (χ0) is 17.6. The first kappa shape index (κ1) is 17.5. The number of ether oxygens (including phenoxy) is 1. The van der Waals surface area contributed by atoms with Gasteiger partial charge < -0.3 is 10.1 Å². The van der Waals surface area contributed by atoms with Crippen LogP contribution in [0, 0.1) is 17.3 Å². The lowest BCUT2D eigenvalue weighted by Gasteiger charge is -2.16. The minimum absolute atomic E-state index is 0.0300. The number of imide groups is 1. The van der Waals surface area contributed by atoms with Crippen LogP contribution in [0.15, 0.2) is 11.6 Å². The molecule has 1 saturated carbocycles. The number of carbonyl (C=O) groups excluding carboxylic acids is 3. The molecule has 2 unspecified atom stereocenters. The van der Waals surface area contributed by atoms with Crippen LogP contribution in [0.2, 0.25) is 0 Å². The van der Waals surface area contributed by atoms with Crippen molar-refractivity contribution < 1.29 is 19.1 Å². The molecule has 1 saturated heterocycles. The average Bonchev–Trinajstić information content (AvgIpc) is 2.85. The molecule has 6 nitrogen and oxygen atoms in total. The Labute approximate surface area is 137 Å². The standard InChI is InChI=1S/C17H26N2O4/c1-10(2)9-11-12(16(11,3)4)13(20)23-8-7-19-14(21)17(5,6)18-15(19)22/h9,11-12H,7-8H2,1-6H3,(H,18,22). The summed E-state index contributed by atoms with van der Waals surface area (Å²) in [6, 6.07) is -0.440. The number of rotatable bonds is 5. The molecule has 128 valence electrons. The molecule has 1 aliphatic heterocycles. The molecule has 2 fully saturated rings. The van der Waals surface area contributed by atoms with Gasteiger partial charge in [0, 0.05) is 0 Å². The summed E-state index contributed by atoms with van der Waals surface area (Å²) in [6.45, 7) is 11.5. The van der Waals surface area contributed by atoms with Crippen LogP contribution in [0.25, 0.3) is 0 Å². The van der Waals surface area contributed by atoms with Crippen LogP contribution in [0.5, 0.6) is 0 Å². The normalized spacial score (nSPS) is 27.5. The monoisotopic (exact) mass is 322 g/mol. The Morgan fingerprint density at radius 3 is 2.35 bits per heavy atom. The van der Waals surface area contributed by atoms with Gasteiger partial charge in [-0.3, -0.25) is 14.5 Å². The summed E-state index contributed by atoms with van der Waals surface area (Å²) >= 11 is 0. The average molecular weight is 322 g/mol. The molecular weight excluding hydrogens is 296 g/mol. The van der Waals surface area contributed by atoms with Crippen molar-refractivity contribution in [2.24, 2.45) is 17.3 Å². The molecule has 0 aromatic rings. The van der Waals surface area contributed by atoms with Crippen LogP contribution in [0.3, 0.4) is 0 Å². The summed E-state index contributed by atoms with van der Waals surface area (Å²) in [5.41, 5.74) is 0.186. The van der Waals surface area contributed by atoms with Gasteiger partial charge in [-0.25, -0.2) is 4.79 Å². The third kappa shape index (κ3) is 3.26. The highest BCUT2D eigenvalue weighted by Crippen LogP contribution is 2.59. The van der Waals surface area contributed by atoms with E-state index in [2.05, 4.69) is 11.4 Å². The maximum atomic E-state index is 12.2. The van der Waals surface area contributed by atoms with E-state index in [4.69, 9.17) is 4.74 Å². The van der Waals surface area contributed by atoms with Crippen molar-refractivity contribution in [2.45, 2.75) is 47.1 Å². The second-order valence-corrected chi connectivity index (χ2v) is 7.75. The van der Waals surface area contributed by atoms with Crippen molar-refractivity contribution in [3.8, 4) is 0 Å². The number of hydrogen-bond acceptors (Lipinski definition) is 4. The van der Waals surface area contributed by atoms with Gasteiger partial charge in [-0.05, 0) is 39.0 Å². The molecule has 0 aromatic carbocycles. The van der Waals surface area contributed by atoms with Crippen LogP contribution in [-0.4, -0.2) is 41.5 Å². The van der Waals surface area contributed by atoms with Gasteiger partial charge in [-0.15, -0.1) is 0 Å². The van der Waals surface area contributed by atoms with Crippen molar-refractivity contribution in [2.75, 3.05) is 13.2 Å². The van der Waals surface area contributed by atoms with E-state index in [1.165, 1.54) is 5.57 Å². The highest BCUT2D eigenvalue weighted by atomic mass is 16.5. The van der Waals surface area contributed by atoms with E-state index in [9.17, 15) is 14.4 Å². The number of nitrogens with one attached hydrogen (secondary N) is 1. The Morgan fingerprint density at radius 1 is 1.26 bits per heavy atom. The largest absolute Gasteiger partial charge is 0.464 e. The summed E-state index contributed by atoms with van der Waals surface area (Å²) in [6.07, 6.45) is 2.10. The Bertz CT molecular complexity index is 573. The van der Waals surface area contributed by atoms with Gasteiger partial charge in [0.05, 0.1) is 12.5 Å². The highest BCUT2D eigenvalue weighted by Gasteiger charge is 2.61. The molecule has 1 N–H and O–H groups in total. The summed E-state index contributed by atoms with van der Waals surface area (Å²) in [5, 5.41) is 2.60. The molecule has 0 bridgehead atoms. The van der Waals surface area contributed by atoms with Crippen molar-refractivity contribution in [3.05, 3.63) is 11.6 Å². The third-order valence-corrected chi connectivity index (χ3v) is 4.68. The number of nitrogens with zero attached hydrogens (tertiary/aromatic N) is 1. The number of carbonyl (C=O) groups is 3. The lowest BCUT2D eigenvalue weighted by atomic mass is 10.1. The Hall–Kier alpha value is -1.85. The van der Waals surface area contributed by atoms with Gasteiger partial charge in [0.15, 0.2) is 0 Å². The fourth-order valence-corrected chi connectivity index (χ4v) is 3.15. The molecule has 23 heavy (non-hydrogen) atoms. The fraction of sp³-hybridized carbons (Fsp3) is 0.706. The summed E-state index contributed by atoms with van der Waals surface area (Å²) in [4.78, 5) is 37.1. The van der Waals surface area contributed by atoms with Crippen molar-refractivity contribution >= 4 is 17.9 Å². The molecular formula is C17H26N2O4. The second-order valence-electron chi connectivity index (χ2n) is 7.75. The van der Waals surface area contributed by atoms with E-state index in [0.717, 1.165) is 4.90 Å². The van der Waals surface area contributed by atoms with Gasteiger partial charge >= 0.3 is 12.0 Å². The lowest BCUT2D eigenvalue weighted by Crippen LogP contribution is -2.40. The molecule has 1 aliphatic carbocycles. The third-order valence-electron chi connectivity index (χ3n) is 4.68. The quantitative estimate of drug-likeness (QED) is 0.478. The summed E-state index contributed by atoms with van der Waals surface area (Å²) < 4.78 is 5.30. The molecule has 2 aliphatic rings. The number of amides is 3. The van der Waals surface area contributed by atoms with Crippen molar-refractivity contribution in [1.82, 2.24) is 10.2 Å². The van der Waals surface area contributed by atoms with E-state index < -0.39 is 11.6 Å². The van der Waals surface area contributed by atoms with Crippen LogP contribution in [0.4, 0.5) is 4.79 Å². The van der Waals surface area contributed by atoms with Crippen LogP contribution < -0.4 is 5.32 Å². The summed E-state index contributed by atoms with van der Waals surface area (Å²) in [5.74, 6) is -0.524. The van der Waals surface area contributed by atoms with E-state index in [1.807, 2.05) is 27.7 Å². The summed E-state index contributed by atoms with van der Waals surface area (Å²) in [7, 11) is 0. The zero-order valence-electron chi connectivity index (χ0n) is 14.7. The van der Waals surface area contributed by atoms with Gasteiger partial charge in [0.1, 0.15) is 12.1 Å². The molecule has 2 rings (SSSR count). The molecule has 6 heteroatoms. The lowest BCUT2D eigenvalue weighted by molar-refractivity contribution is -0.147. The zero-order valence-corrected chi connectivity index (χ0v) is 14.7. The van der Waals surface area contributed by atoms with Crippen LogP contribution >= 0.6 is 0 Å². The Morgan fingerprint density at radius 2 is 1.87 bits per heavy atom. The van der Waals surface area contributed by atoms with Crippen LogP contribution in [0.1, 0.15) is 41.5 Å². The van der Waals surface area contributed by atoms with Crippen molar-refractivity contribution in [3.63, 3.8) is 0 Å². The van der Waals surface area contributed by atoms with E-state index in [-0.39, 0.29) is 42.3 Å². The maximum absolute atomic E-state index is 12.2. The van der Waals surface area contributed by atoms with E-state index in [0.29, 0.717) is 0 Å². The first-order valence-electron chi connectivity index (χ1n) is 7.94. The smallest absolute Gasteiger partial charge is 0.325 e. The molecule has 0 radical (unpaired) electrons. The Kier molecular flexibility index (Phi) is 4.30. The molecule has 0 aromatic heterocycles. The van der Waals surface area contributed by atoms with Gasteiger partial charge in [0.25, 0.3) is 5.91 Å². The van der Waals surface area contributed by atoms with Gasteiger partial charge in [-0.1, -0.05) is 25.5 Å². The van der Waals surface area contributed by atoms with Crippen LogP contribution in [-0.2, 0) is 14.3 Å². The molecule has 0 spiro atoms. The van der Waals surface area contributed by atoms with Crippen molar-refractivity contribution in [1.29, 1.82) is 0 Å². The second kappa shape index (κ2) is 5.65.